The van der Waals surface area contributed by atoms with Gasteiger partial charge in [-0.05, 0) is 37.3 Å². The van der Waals surface area contributed by atoms with Gasteiger partial charge in [0.25, 0.3) is 0 Å². The van der Waals surface area contributed by atoms with Crippen molar-refractivity contribution in [2.75, 3.05) is 10.6 Å². The fraction of sp³-hybridized carbons (Fsp3) is 0.0588. The van der Waals surface area contributed by atoms with Gasteiger partial charge in [0.1, 0.15) is 5.82 Å². The first-order valence-electron chi connectivity index (χ1n) is 7.20. The number of anilines is 4. The second-order valence-corrected chi connectivity index (χ2v) is 6.13. The molecule has 4 nitrogen and oxygen atoms in total. The van der Waals surface area contributed by atoms with Crippen LogP contribution in [0, 0.1) is 18.6 Å². The van der Waals surface area contributed by atoms with Crippen molar-refractivity contribution in [2.24, 2.45) is 0 Å². The molecule has 0 amide bonds. The summed E-state index contributed by atoms with van der Waals surface area (Å²) in [6.07, 6.45) is 0. The lowest BCUT2D eigenvalue weighted by atomic mass is 10.3. The second-order valence-electron chi connectivity index (χ2n) is 5.26. The van der Waals surface area contributed by atoms with E-state index in [-0.39, 0.29) is 0 Å². The third-order valence-electron chi connectivity index (χ3n) is 3.16. The van der Waals surface area contributed by atoms with Gasteiger partial charge in [-0.3, -0.25) is 0 Å². The molecule has 2 aromatic carbocycles. The van der Waals surface area contributed by atoms with Gasteiger partial charge < -0.3 is 10.6 Å². The number of aromatic nitrogens is 2. The Morgan fingerprint density at radius 2 is 1.52 bits per heavy atom. The number of hydrogen-bond acceptors (Lipinski definition) is 4. The molecule has 0 aliphatic heterocycles. The summed E-state index contributed by atoms with van der Waals surface area (Å²) in [5.41, 5.74) is 1.67. The molecule has 0 saturated carbocycles. The van der Waals surface area contributed by atoms with Crippen molar-refractivity contribution in [3.8, 4) is 0 Å². The minimum absolute atomic E-state index is 0.309. The second kappa shape index (κ2) is 7.21. The predicted molar refractivity (Wildman–Crippen MR) is 96.2 cm³/mol. The summed E-state index contributed by atoms with van der Waals surface area (Å²) in [7, 11) is 0. The van der Waals surface area contributed by atoms with Gasteiger partial charge in [-0.2, -0.15) is 4.98 Å². The van der Waals surface area contributed by atoms with Gasteiger partial charge in [0.15, 0.2) is 11.6 Å². The van der Waals surface area contributed by atoms with Crippen LogP contribution in [-0.4, -0.2) is 9.97 Å². The molecule has 3 aromatic rings. The van der Waals surface area contributed by atoms with Crippen LogP contribution < -0.4 is 10.6 Å². The maximum atomic E-state index is 13.3. The molecule has 0 bridgehead atoms. The van der Waals surface area contributed by atoms with Gasteiger partial charge in [-0.1, -0.05) is 23.2 Å². The average molecular weight is 381 g/mol. The van der Waals surface area contributed by atoms with Crippen LogP contribution in [-0.2, 0) is 0 Å². The van der Waals surface area contributed by atoms with Gasteiger partial charge >= 0.3 is 0 Å². The monoisotopic (exact) mass is 380 g/mol. The Bertz CT molecular complexity index is 914. The normalized spacial score (nSPS) is 10.6. The zero-order chi connectivity index (χ0) is 18.0. The fourth-order valence-electron chi connectivity index (χ4n) is 2.17. The molecular formula is C17H12Cl2F2N4. The molecule has 0 fully saturated rings. The zero-order valence-corrected chi connectivity index (χ0v) is 14.5. The largest absolute Gasteiger partial charge is 0.340 e. The maximum Gasteiger partial charge on any atom is 0.229 e. The molecule has 0 radical (unpaired) electrons. The number of halogens is 4. The highest BCUT2D eigenvalue weighted by atomic mass is 35.5. The van der Waals surface area contributed by atoms with Crippen molar-refractivity contribution in [3.05, 3.63) is 69.8 Å². The lowest BCUT2D eigenvalue weighted by molar-refractivity contribution is 0.509. The van der Waals surface area contributed by atoms with Gasteiger partial charge in [-0.25, -0.2) is 13.8 Å². The third kappa shape index (κ3) is 4.55. The van der Waals surface area contributed by atoms with Gasteiger partial charge in [0.05, 0.1) is 0 Å². The molecule has 1 aromatic heterocycles. The van der Waals surface area contributed by atoms with Gasteiger partial charge in [-0.15, -0.1) is 0 Å². The molecule has 1 heterocycles. The highest BCUT2D eigenvalue weighted by Crippen LogP contribution is 2.25. The number of aryl methyl sites for hydroxylation is 1. The Morgan fingerprint density at radius 1 is 0.800 bits per heavy atom. The summed E-state index contributed by atoms with van der Waals surface area (Å²) in [6.45, 7) is 1.79. The van der Waals surface area contributed by atoms with Crippen molar-refractivity contribution < 1.29 is 8.78 Å². The van der Waals surface area contributed by atoms with E-state index in [9.17, 15) is 8.78 Å². The van der Waals surface area contributed by atoms with E-state index in [1.807, 2.05) is 0 Å². The SMILES string of the molecule is Cc1cc(Nc2ccc(F)c(F)c2)nc(Nc2cc(Cl)cc(Cl)c2)n1. The van der Waals surface area contributed by atoms with Crippen LogP contribution in [0.3, 0.4) is 0 Å². The highest BCUT2D eigenvalue weighted by Gasteiger charge is 2.07. The van der Waals surface area contributed by atoms with Crippen molar-refractivity contribution >= 4 is 46.3 Å². The Hall–Kier alpha value is -2.44. The predicted octanol–water partition coefficient (Wildman–Crippen LogP) is 5.86. The molecule has 8 heteroatoms. The molecule has 0 aliphatic carbocycles. The van der Waals surface area contributed by atoms with Crippen molar-refractivity contribution in [1.82, 2.24) is 9.97 Å². The van der Waals surface area contributed by atoms with Crippen LogP contribution in [0.15, 0.2) is 42.5 Å². The topological polar surface area (TPSA) is 49.8 Å². The molecule has 0 spiro atoms. The van der Waals surface area contributed by atoms with E-state index in [1.54, 1.807) is 31.2 Å². The summed E-state index contributed by atoms with van der Waals surface area (Å²) < 4.78 is 26.3. The molecule has 128 valence electrons. The average Bonchev–Trinajstić information content (AvgIpc) is 2.49. The Kier molecular flexibility index (Phi) is 5.01. The van der Waals surface area contributed by atoms with Crippen molar-refractivity contribution in [1.29, 1.82) is 0 Å². The molecule has 0 aliphatic rings. The van der Waals surface area contributed by atoms with E-state index in [2.05, 4.69) is 20.6 Å². The maximum absolute atomic E-state index is 13.3. The summed E-state index contributed by atoms with van der Waals surface area (Å²) in [4.78, 5) is 8.58. The number of nitrogens with one attached hydrogen (secondary N) is 2. The van der Waals surface area contributed by atoms with E-state index in [0.717, 1.165) is 12.1 Å². The highest BCUT2D eigenvalue weighted by molar-refractivity contribution is 6.35. The summed E-state index contributed by atoms with van der Waals surface area (Å²) >= 11 is 11.9. The number of nitrogens with zero attached hydrogens (tertiary/aromatic N) is 2. The molecule has 0 atom stereocenters. The first-order chi connectivity index (χ1) is 11.9. The number of hydrogen-bond donors (Lipinski definition) is 2. The van der Waals surface area contributed by atoms with Crippen molar-refractivity contribution in [2.45, 2.75) is 6.92 Å². The molecular weight excluding hydrogens is 369 g/mol. The Labute approximate surface area is 152 Å². The quantitative estimate of drug-likeness (QED) is 0.595. The van der Waals surface area contributed by atoms with Crippen LogP contribution in [0.2, 0.25) is 10.0 Å². The van der Waals surface area contributed by atoms with Gasteiger partial charge in [0, 0.05) is 39.2 Å². The van der Waals surface area contributed by atoms with Crippen LogP contribution in [0.4, 0.5) is 31.9 Å². The fourth-order valence-corrected chi connectivity index (χ4v) is 2.69. The van der Waals surface area contributed by atoms with E-state index in [1.165, 1.54) is 6.07 Å². The summed E-state index contributed by atoms with van der Waals surface area (Å²) in [5.74, 6) is -1.12. The van der Waals surface area contributed by atoms with E-state index < -0.39 is 11.6 Å². The number of benzene rings is 2. The third-order valence-corrected chi connectivity index (χ3v) is 3.60. The molecule has 3 rings (SSSR count). The molecule has 0 unspecified atom stereocenters. The summed E-state index contributed by atoms with van der Waals surface area (Å²) in [6, 6.07) is 10.2. The molecule has 2 N–H and O–H groups in total. The minimum atomic E-state index is -0.942. The molecule has 0 saturated heterocycles. The Morgan fingerprint density at radius 3 is 2.20 bits per heavy atom. The van der Waals surface area contributed by atoms with E-state index in [0.29, 0.717) is 38.9 Å². The van der Waals surface area contributed by atoms with Gasteiger partial charge in [0.2, 0.25) is 5.95 Å². The first-order valence-corrected chi connectivity index (χ1v) is 7.95. The zero-order valence-electron chi connectivity index (χ0n) is 12.9. The number of rotatable bonds is 4. The van der Waals surface area contributed by atoms with Crippen molar-refractivity contribution in [3.63, 3.8) is 0 Å². The van der Waals surface area contributed by atoms with E-state index in [4.69, 9.17) is 23.2 Å². The van der Waals surface area contributed by atoms with Crippen LogP contribution in [0.25, 0.3) is 0 Å². The van der Waals surface area contributed by atoms with Crippen LogP contribution in [0.1, 0.15) is 5.69 Å². The summed E-state index contributed by atoms with van der Waals surface area (Å²) in [5, 5.41) is 6.87. The minimum Gasteiger partial charge on any atom is -0.340 e. The van der Waals surface area contributed by atoms with Crippen LogP contribution >= 0.6 is 23.2 Å². The first kappa shape index (κ1) is 17.4. The van der Waals surface area contributed by atoms with Crippen LogP contribution in [0.5, 0.6) is 0 Å². The lowest BCUT2D eigenvalue weighted by Gasteiger charge is -2.11. The van der Waals surface area contributed by atoms with E-state index >= 15 is 0 Å². The standard InChI is InChI=1S/C17H12Cl2F2N4/c1-9-4-16(23-12-2-3-14(20)15(21)8-12)25-17(22-9)24-13-6-10(18)5-11(19)7-13/h2-8H,1H3,(H2,22,23,24,25). The molecule has 25 heavy (non-hydrogen) atoms. The smallest absolute Gasteiger partial charge is 0.229 e. The lowest BCUT2D eigenvalue weighted by Crippen LogP contribution is -2.02. The Balaban J connectivity index is 1.85.